The molecule has 1 unspecified atom stereocenters. The number of carbonyl (C=O) groups excluding carboxylic acids is 2. The highest BCUT2D eigenvalue weighted by Crippen LogP contribution is 2.36. The van der Waals surface area contributed by atoms with Crippen molar-refractivity contribution in [2.24, 2.45) is 0 Å². The lowest BCUT2D eigenvalue weighted by Gasteiger charge is -2.31. The van der Waals surface area contributed by atoms with Crippen LogP contribution in [0.2, 0.25) is 0 Å². The molecule has 7 heteroatoms. The highest BCUT2D eigenvalue weighted by atomic mass is 19.1. The highest BCUT2D eigenvalue weighted by Gasteiger charge is 2.36. The molecule has 1 atom stereocenters. The van der Waals surface area contributed by atoms with Crippen molar-refractivity contribution < 1.29 is 22.8 Å². The van der Waals surface area contributed by atoms with Crippen molar-refractivity contribution in [3.05, 3.63) is 126 Å². The van der Waals surface area contributed by atoms with Gasteiger partial charge in [0.05, 0.1) is 12.5 Å². The molecule has 0 saturated carbocycles. The molecule has 2 amide bonds. The third-order valence-corrected chi connectivity index (χ3v) is 6.88. The van der Waals surface area contributed by atoms with Crippen LogP contribution in [0.4, 0.5) is 10.1 Å². The summed E-state index contributed by atoms with van der Waals surface area (Å²) in [6, 6.07) is 23.4. The van der Waals surface area contributed by atoms with Gasteiger partial charge in [0.1, 0.15) is 17.4 Å². The summed E-state index contributed by atoms with van der Waals surface area (Å²) in [5, 5.41) is 3.68. The van der Waals surface area contributed by atoms with E-state index in [4.69, 9.17) is 8.83 Å². The fourth-order valence-corrected chi connectivity index (χ4v) is 4.75. The Labute approximate surface area is 232 Å². The lowest BCUT2D eigenvalue weighted by atomic mass is 9.87. The molecule has 0 aliphatic carbocycles. The number of hydrogen-bond acceptors (Lipinski definition) is 4. The first-order valence-corrected chi connectivity index (χ1v) is 13.2. The quantitative estimate of drug-likeness (QED) is 0.227. The summed E-state index contributed by atoms with van der Waals surface area (Å²) in [6.45, 7) is 6.58. The van der Waals surface area contributed by atoms with E-state index in [2.05, 4.69) is 26.1 Å². The number of para-hydroxylation sites is 1. The van der Waals surface area contributed by atoms with Gasteiger partial charge in [0, 0.05) is 23.2 Å². The van der Waals surface area contributed by atoms with Gasteiger partial charge in [-0.15, -0.1) is 0 Å². The number of fused-ring (bicyclic) bond motifs is 1. The molecule has 2 aromatic heterocycles. The van der Waals surface area contributed by atoms with Crippen LogP contribution in [0, 0.1) is 5.82 Å². The molecule has 5 rings (SSSR count). The fraction of sp³-hybridized carbons (Fsp3) is 0.212. The number of hydrogen-bond donors (Lipinski definition) is 1. The second-order valence-corrected chi connectivity index (χ2v) is 10.7. The monoisotopic (exact) mass is 538 g/mol. The zero-order valence-electron chi connectivity index (χ0n) is 22.7. The lowest BCUT2D eigenvalue weighted by Crippen LogP contribution is -2.44. The number of amides is 2. The van der Waals surface area contributed by atoms with Gasteiger partial charge in [-0.2, -0.15) is 0 Å². The zero-order valence-corrected chi connectivity index (χ0v) is 22.7. The van der Waals surface area contributed by atoms with Gasteiger partial charge in [-0.25, -0.2) is 4.39 Å². The summed E-state index contributed by atoms with van der Waals surface area (Å²) >= 11 is 0. The Hall–Kier alpha value is -4.65. The Bertz CT molecular complexity index is 1610. The summed E-state index contributed by atoms with van der Waals surface area (Å²) < 4.78 is 25.0. The zero-order chi connectivity index (χ0) is 28.3. The molecule has 1 N–H and O–H groups in total. The SMILES string of the molecule is CC(C)(C)c1ccc(N(C(=O)c2ccco2)C(C(=O)NCCc2cccc(F)c2)c2coc3ccccc23)cc1. The van der Waals surface area contributed by atoms with Crippen LogP contribution >= 0.6 is 0 Å². The van der Waals surface area contributed by atoms with E-state index in [-0.39, 0.29) is 23.5 Å². The molecule has 40 heavy (non-hydrogen) atoms. The van der Waals surface area contributed by atoms with E-state index >= 15 is 0 Å². The van der Waals surface area contributed by atoms with Gasteiger partial charge in [-0.1, -0.05) is 63.2 Å². The number of nitrogens with zero attached hydrogens (tertiary/aromatic N) is 1. The minimum atomic E-state index is -1.07. The van der Waals surface area contributed by atoms with Crippen molar-refractivity contribution in [1.82, 2.24) is 5.32 Å². The predicted molar refractivity (Wildman–Crippen MR) is 153 cm³/mol. The van der Waals surface area contributed by atoms with Crippen LogP contribution < -0.4 is 10.2 Å². The minimum absolute atomic E-state index is 0.0944. The van der Waals surface area contributed by atoms with Gasteiger partial charge in [0.15, 0.2) is 5.76 Å². The largest absolute Gasteiger partial charge is 0.464 e. The third-order valence-electron chi connectivity index (χ3n) is 6.88. The van der Waals surface area contributed by atoms with Crippen molar-refractivity contribution in [3.63, 3.8) is 0 Å². The Balaban J connectivity index is 1.57. The van der Waals surface area contributed by atoms with Gasteiger partial charge in [0.2, 0.25) is 5.91 Å². The van der Waals surface area contributed by atoms with Crippen LogP contribution in [0.15, 0.2) is 106 Å². The molecule has 0 radical (unpaired) electrons. The van der Waals surface area contributed by atoms with E-state index < -0.39 is 17.9 Å². The molecule has 5 aromatic rings. The van der Waals surface area contributed by atoms with Crippen LogP contribution in [0.1, 0.15) is 54.1 Å². The second-order valence-electron chi connectivity index (χ2n) is 10.7. The molecule has 0 saturated heterocycles. The van der Waals surface area contributed by atoms with Crippen LogP contribution in [0.25, 0.3) is 11.0 Å². The standard InChI is InChI=1S/C33H31FN2O4/c1-33(2,3)23-13-15-25(16-14-23)36(32(38)29-12-7-19-39-29)30(27-21-40-28-11-5-4-10-26(27)28)31(37)35-18-17-22-8-6-9-24(34)20-22/h4-16,19-21,30H,17-18H2,1-3H3,(H,35,37). The molecular formula is C33H31FN2O4. The predicted octanol–water partition coefficient (Wildman–Crippen LogP) is 7.21. The topological polar surface area (TPSA) is 75.7 Å². The number of carbonyl (C=O) groups is 2. The Morgan fingerprint density at radius 3 is 2.40 bits per heavy atom. The van der Waals surface area contributed by atoms with Crippen molar-refractivity contribution >= 4 is 28.5 Å². The van der Waals surface area contributed by atoms with Crippen molar-refractivity contribution in [2.45, 2.75) is 38.6 Å². The Morgan fingerprint density at radius 2 is 1.70 bits per heavy atom. The molecule has 6 nitrogen and oxygen atoms in total. The van der Waals surface area contributed by atoms with E-state index in [0.29, 0.717) is 23.3 Å². The van der Waals surface area contributed by atoms with E-state index in [1.54, 1.807) is 24.3 Å². The molecule has 0 aliphatic rings. The molecule has 0 aliphatic heterocycles. The molecular weight excluding hydrogens is 507 g/mol. The van der Waals surface area contributed by atoms with Gasteiger partial charge in [-0.3, -0.25) is 14.5 Å². The van der Waals surface area contributed by atoms with Crippen LogP contribution in [0.3, 0.4) is 0 Å². The first-order valence-electron chi connectivity index (χ1n) is 13.2. The number of furan rings is 2. The molecule has 0 spiro atoms. The van der Waals surface area contributed by atoms with E-state index in [9.17, 15) is 14.0 Å². The normalized spacial score (nSPS) is 12.3. The van der Waals surface area contributed by atoms with Crippen LogP contribution in [-0.4, -0.2) is 18.4 Å². The van der Waals surface area contributed by atoms with E-state index in [1.165, 1.54) is 29.6 Å². The van der Waals surface area contributed by atoms with Crippen molar-refractivity contribution in [2.75, 3.05) is 11.4 Å². The van der Waals surface area contributed by atoms with Gasteiger partial charge in [0.25, 0.3) is 5.91 Å². The van der Waals surface area contributed by atoms with Crippen molar-refractivity contribution in [3.8, 4) is 0 Å². The number of anilines is 1. The maximum absolute atomic E-state index is 14.0. The van der Waals surface area contributed by atoms with Crippen molar-refractivity contribution in [1.29, 1.82) is 0 Å². The van der Waals surface area contributed by atoms with Gasteiger partial charge >= 0.3 is 0 Å². The maximum atomic E-state index is 14.0. The number of rotatable bonds is 8. The van der Waals surface area contributed by atoms with Gasteiger partial charge in [-0.05, 0) is 65.4 Å². The highest BCUT2D eigenvalue weighted by molar-refractivity contribution is 6.09. The second kappa shape index (κ2) is 11.2. The summed E-state index contributed by atoms with van der Waals surface area (Å²) in [5.74, 6) is -1.10. The van der Waals surface area contributed by atoms with E-state index in [0.717, 1.165) is 16.5 Å². The first kappa shape index (κ1) is 26.9. The number of nitrogens with one attached hydrogen (secondary N) is 1. The summed E-state index contributed by atoms with van der Waals surface area (Å²) in [4.78, 5) is 29.4. The molecule has 204 valence electrons. The summed E-state index contributed by atoms with van der Waals surface area (Å²) in [5.41, 5.74) is 3.42. The Kier molecular flexibility index (Phi) is 7.56. The molecule has 2 heterocycles. The summed E-state index contributed by atoms with van der Waals surface area (Å²) in [7, 11) is 0. The fourth-order valence-electron chi connectivity index (χ4n) is 4.75. The molecule has 3 aromatic carbocycles. The van der Waals surface area contributed by atoms with E-state index in [1.807, 2.05) is 48.5 Å². The maximum Gasteiger partial charge on any atom is 0.294 e. The average molecular weight is 539 g/mol. The number of benzene rings is 3. The summed E-state index contributed by atoms with van der Waals surface area (Å²) in [6.07, 6.45) is 3.37. The number of halogens is 1. The lowest BCUT2D eigenvalue weighted by molar-refractivity contribution is -0.122. The average Bonchev–Trinajstić information content (AvgIpc) is 3.62. The first-order chi connectivity index (χ1) is 19.2. The van der Waals surface area contributed by atoms with Crippen LogP contribution in [-0.2, 0) is 16.6 Å². The third kappa shape index (κ3) is 5.69. The smallest absolute Gasteiger partial charge is 0.294 e. The molecule has 0 fully saturated rings. The van der Waals surface area contributed by atoms with Gasteiger partial charge < -0.3 is 14.2 Å². The minimum Gasteiger partial charge on any atom is -0.464 e. The molecule has 0 bridgehead atoms. The Morgan fingerprint density at radius 1 is 0.925 bits per heavy atom. The van der Waals surface area contributed by atoms with Crippen LogP contribution in [0.5, 0.6) is 0 Å².